The van der Waals surface area contributed by atoms with Crippen LogP contribution in [0.3, 0.4) is 0 Å². The number of nitriles is 1. The average molecular weight is 368 g/mol. The first-order valence-corrected chi connectivity index (χ1v) is 7.84. The number of phenolic OH excluding ortho intramolecular Hbond substituents is 1. The SMILES string of the molecule is CCOc1cc(/C=C(/C#N)c2nc3ccc(F)cc3[nH]2)cc([N+](=O)[O-])c1O. The number of H-pyrrole nitrogens is 1. The second kappa shape index (κ2) is 7.13. The lowest BCUT2D eigenvalue weighted by molar-refractivity contribution is -0.386. The van der Waals surface area contributed by atoms with Crippen molar-refractivity contribution in [1.82, 2.24) is 9.97 Å². The van der Waals surface area contributed by atoms with Crippen molar-refractivity contribution in [3.8, 4) is 17.6 Å². The molecular weight excluding hydrogens is 355 g/mol. The predicted octanol–water partition coefficient (Wildman–Crippen LogP) is 3.78. The maximum absolute atomic E-state index is 13.3. The van der Waals surface area contributed by atoms with Gasteiger partial charge in [0.2, 0.25) is 5.75 Å². The Morgan fingerprint density at radius 2 is 2.26 bits per heavy atom. The highest BCUT2D eigenvalue weighted by molar-refractivity contribution is 5.91. The van der Waals surface area contributed by atoms with Gasteiger partial charge in [-0.2, -0.15) is 5.26 Å². The van der Waals surface area contributed by atoms with Gasteiger partial charge in [-0.05, 0) is 42.8 Å². The van der Waals surface area contributed by atoms with Gasteiger partial charge in [-0.3, -0.25) is 10.1 Å². The van der Waals surface area contributed by atoms with Gasteiger partial charge in [0.15, 0.2) is 5.75 Å². The zero-order valence-corrected chi connectivity index (χ0v) is 14.1. The molecule has 0 amide bonds. The Hall–Kier alpha value is -3.93. The minimum Gasteiger partial charge on any atom is -0.500 e. The number of rotatable bonds is 5. The van der Waals surface area contributed by atoms with E-state index in [0.29, 0.717) is 11.0 Å². The summed E-state index contributed by atoms with van der Waals surface area (Å²) >= 11 is 0. The van der Waals surface area contributed by atoms with Gasteiger partial charge in [0.25, 0.3) is 0 Å². The normalized spacial score (nSPS) is 11.4. The van der Waals surface area contributed by atoms with Gasteiger partial charge in [0.1, 0.15) is 17.7 Å². The van der Waals surface area contributed by atoms with Gasteiger partial charge in [0, 0.05) is 6.07 Å². The minimum atomic E-state index is -0.745. The molecule has 8 nitrogen and oxygen atoms in total. The summed E-state index contributed by atoms with van der Waals surface area (Å²) in [7, 11) is 0. The zero-order valence-electron chi connectivity index (χ0n) is 14.1. The third kappa shape index (κ3) is 3.55. The number of fused-ring (bicyclic) bond motifs is 1. The largest absolute Gasteiger partial charge is 0.500 e. The number of aromatic hydroxyl groups is 1. The molecule has 2 N–H and O–H groups in total. The van der Waals surface area contributed by atoms with Gasteiger partial charge in [-0.1, -0.05) is 0 Å². The number of aromatic nitrogens is 2. The highest BCUT2D eigenvalue weighted by atomic mass is 19.1. The highest BCUT2D eigenvalue weighted by Crippen LogP contribution is 2.38. The van der Waals surface area contributed by atoms with E-state index in [-0.39, 0.29) is 29.3 Å². The van der Waals surface area contributed by atoms with Crippen LogP contribution in [-0.4, -0.2) is 26.6 Å². The fourth-order valence-electron chi connectivity index (χ4n) is 2.53. The third-order valence-corrected chi connectivity index (χ3v) is 3.70. The van der Waals surface area contributed by atoms with E-state index in [1.165, 1.54) is 30.3 Å². The number of halogens is 1. The van der Waals surface area contributed by atoms with Crippen molar-refractivity contribution >= 4 is 28.4 Å². The van der Waals surface area contributed by atoms with E-state index < -0.39 is 22.2 Å². The van der Waals surface area contributed by atoms with Crippen molar-refractivity contribution in [3.05, 3.63) is 57.7 Å². The molecule has 0 saturated carbocycles. The first-order chi connectivity index (χ1) is 12.9. The summed E-state index contributed by atoms with van der Waals surface area (Å²) in [5.74, 6) is -0.916. The van der Waals surface area contributed by atoms with Crippen molar-refractivity contribution in [2.75, 3.05) is 6.61 Å². The fourth-order valence-corrected chi connectivity index (χ4v) is 2.53. The molecule has 0 aliphatic carbocycles. The lowest BCUT2D eigenvalue weighted by Crippen LogP contribution is -1.96. The fraction of sp³-hybridized carbons (Fsp3) is 0.111. The van der Waals surface area contributed by atoms with Gasteiger partial charge >= 0.3 is 5.69 Å². The molecule has 0 unspecified atom stereocenters. The topological polar surface area (TPSA) is 125 Å². The highest BCUT2D eigenvalue weighted by Gasteiger charge is 2.20. The second-order valence-electron chi connectivity index (χ2n) is 5.49. The van der Waals surface area contributed by atoms with E-state index in [0.717, 1.165) is 6.07 Å². The number of benzene rings is 2. The van der Waals surface area contributed by atoms with Crippen molar-refractivity contribution in [2.45, 2.75) is 6.92 Å². The average Bonchev–Trinajstić information content (AvgIpc) is 3.04. The number of hydrogen-bond acceptors (Lipinski definition) is 6. The van der Waals surface area contributed by atoms with Gasteiger partial charge in [0.05, 0.1) is 28.1 Å². The summed E-state index contributed by atoms with van der Waals surface area (Å²) in [5, 5.41) is 30.6. The molecule has 136 valence electrons. The van der Waals surface area contributed by atoms with E-state index in [1.54, 1.807) is 6.92 Å². The Morgan fingerprint density at radius 1 is 1.48 bits per heavy atom. The number of nitrogens with one attached hydrogen (secondary N) is 1. The molecule has 0 saturated heterocycles. The molecule has 0 fully saturated rings. The van der Waals surface area contributed by atoms with Crippen molar-refractivity contribution in [2.24, 2.45) is 0 Å². The summed E-state index contributed by atoms with van der Waals surface area (Å²) in [6.45, 7) is 1.86. The van der Waals surface area contributed by atoms with E-state index in [2.05, 4.69) is 9.97 Å². The molecule has 0 aliphatic rings. The second-order valence-corrected chi connectivity index (χ2v) is 5.49. The van der Waals surface area contributed by atoms with Crippen molar-refractivity contribution in [3.63, 3.8) is 0 Å². The van der Waals surface area contributed by atoms with E-state index >= 15 is 0 Å². The summed E-state index contributed by atoms with van der Waals surface area (Å²) in [6, 6.07) is 8.43. The number of nitro benzene ring substituents is 1. The number of hydrogen-bond donors (Lipinski definition) is 2. The van der Waals surface area contributed by atoms with Crippen LogP contribution in [-0.2, 0) is 0 Å². The summed E-state index contributed by atoms with van der Waals surface area (Å²) in [4.78, 5) is 17.5. The number of nitrogens with zero attached hydrogens (tertiary/aromatic N) is 3. The molecule has 0 bridgehead atoms. The lowest BCUT2D eigenvalue weighted by atomic mass is 10.1. The molecule has 3 aromatic rings. The standard InChI is InChI=1S/C18H13FN4O4/c1-2-27-16-7-10(6-15(17(16)24)23(25)26)5-11(9-20)18-21-13-4-3-12(19)8-14(13)22-18/h3-8,24H,2H2,1H3,(H,21,22)/b11-5-. The monoisotopic (exact) mass is 368 g/mol. The van der Waals surface area contributed by atoms with Gasteiger partial charge in [-0.25, -0.2) is 9.37 Å². The maximum atomic E-state index is 13.3. The van der Waals surface area contributed by atoms with E-state index in [1.807, 2.05) is 6.07 Å². The Kier molecular flexibility index (Phi) is 4.72. The molecule has 1 heterocycles. The van der Waals surface area contributed by atoms with Crippen LogP contribution in [0, 0.1) is 27.3 Å². The molecule has 2 aromatic carbocycles. The van der Waals surface area contributed by atoms with Crippen LogP contribution in [0.15, 0.2) is 30.3 Å². The number of aromatic amines is 1. The van der Waals surface area contributed by atoms with Crippen LogP contribution in [0.1, 0.15) is 18.3 Å². The molecule has 9 heteroatoms. The molecule has 0 radical (unpaired) electrons. The maximum Gasteiger partial charge on any atom is 0.315 e. The summed E-state index contributed by atoms with van der Waals surface area (Å²) < 4.78 is 18.5. The lowest BCUT2D eigenvalue weighted by Gasteiger charge is -2.07. The van der Waals surface area contributed by atoms with Crippen molar-refractivity contribution < 1.29 is 19.2 Å². The molecule has 0 aliphatic heterocycles. The summed E-state index contributed by atoms with van der Waals surface area (Å²) in [5.41, 5.74) is 0.688. The number of nitro groups is 1. The molecule has 0 spiro atoms. The van der Waals surface area contributed by atoms with Crippen molar-refractivity contribution in [1.29, 1.82) is 5.26 Å². The molecule has 0 atom stereocenters. The van der Waals surface area contributed by atoms with Crippen LogP contribution in [0.5, 0.6) is 11.5 Å². The number of allylic oxidation sites excluding steroid dienone is 1. The molecule has 1 aromatic heterocycles. The Bertz CT molecular complexity index is 1110. The van der Waals surface area contributed by atoms with E-state index in [9.17, 15) is 24.9 Å². The molecular formula is C18H13FN4O4. The summed E-state index contributed by atoms with van der Waals surface area (Å²) in [6.07, 6.45) is 1.36. The van der Waals surface area contributed by atoms with Crippen LogP contribution >= 0.6 is 0 Å². The molecule has 3 rings (SSSR count). The molecule has 27 heavy (non-hydrogen) atoms. The van der Waals surface area contributed by atoms with Gasteiger partial charge in [-0.15, -0.1) is 0 Å². The number of ether oxygens (including phenoxy) is 1. The Labute approximate surface area is 152 Å². The Morgan fingerprint density at radius 3 is 2.93 bits per heavy atom. The first-order valence-electron chi connectivity index (χ1n) is 7.84. The number of imidazole rings is 1. The Balaban J connectivity index is 2.11. The number of phenols is 1. The predicted molar refractivity (Wildman–Crippen MR) is 95.5 cm³/mol. The zero-order chi connectivity index (χ0) is 19.6. The third-order valence-electron chi connectivity index (χ3n) is 3.70. The van der Waals surface area contributed by atoms with Crippen LogP contribution < -0.4 is 4.74 Å². The smallest absolute Gasteiger partial charge is 0.315 e. The van der Waals surface area contributed by atoms with Crippen LogP contribution in [0.25, 0.3) is 22.7 Å². The van der Waals surface area contributed by atoms with E-state index in [4.69, 9.17) is 4.74 Å². The van der Waals surface area contributed by atoms with Gasteiger partial charge < -0.3 is 14.8 Å². The first kappa shape index (κ1) is 17.9. The van der Waals surface area contributed by atoms with Crippen LogP contribution in [0.2, 0.25) is 0 Å². The minimum absolute atomic E-state index is 0.0677. The quantitative estimate of drug-likeness (QED) is 0.401. The van der Waals surface area contributed by atoms with Crippen LogP contribution in [0.4, 0.5) is 10.1 Å².